The molecular weight excluding hydrogens is 322 g/mol. The van der Waals surface area contributed by atoms with Crippen LogP contribution in [0, 0.1) is 6.92 Å². The zero-order valence-corrected chi connectivity index (χ0v) is 13.7. The van der Waals surface area contributed by atoms with Gasteiger partial charge >= 0.3 is 0 Å². The van der Waals surface area contributed by atoms with Crippen molar-refractivity contribution in [3.05, 3.63) is 53.9 Å². The molecular formula is C17H17N5O3. The number of aryl methyl sites for hydroxylation is 1. The number of carbonyl (C=O) groups excluding carboxylic acids is 1. The highest BCUT2D eigenvalue weighted by atomic mass is 16.5. The molecule has 0 saturated carbocycles. The summed E-state index contributed by atoms with van der Waals surface area (Å²) in [7, 11) is 0. The highest BCUT2D eigenvalue weighted by molar-refractivity contribution is 6.00. The van der Waals surface area contributed by atoms with Crippen LogP contribution in [0.1, 0.15) is 22.1 Å². The van der Waals surface area contributed by atoms with E-state index in [9.17, 15) is 4.79 Å². The summed E-state index contributed by atoms with van der Waals surface area (Å²) in [4.78, 5) is 14.4. The van der Waals surface area contributed by atoms with Gasteiger partial charge in [0.25, 0.3) is 5.91 Å². The third-order valence-corrected chi connectivity index (χ3v) is 4.08. The molecule has 1 aliphatic rings. The second-order valence-electron chi connectivity index (χ2n) is 5.88. The van der Waals surface area contributed by atoms with Crippen LogP contribution in [0.3, 0.4) is 0 Å². The van der Waals surface area contributed by atoms with Crippen molar-refractivity contribution >= 4 is 5.91 Å². The fraction of sp³-hybridized carbons (Fsp3) is 0.294. The van der Waals surface area contributed by atoms with E-state index in [2.05, 4.69) is 20.4 Å². The smallest absolute Gasteiger partial charge is 0.257 e. The Morgan fingerprint density at radius 2 is 2.12 bits per heavy atom. The van der Waals surface area contributed by atoms with E-state index in [4.69, 9.17) is 9.15 Å². The fourth-order valence-corrected chi connectivity index (χ4v) is 2.74. The summed E-state index contributed by atoms with van der Waals surface area (Å²) in [5.41, 5.74) is 2.23. The Morgan fingerprint density at radius 3 is 2.84 bits per heavy atom. The molecule has 0 atom stereocenters. The predicted octanol–water partition coefficient (Wildman–Crippen LogP) is 1.81. The van der Waals surface area contributed by atoms with Gasteiger partial charge in [-0.2, -0.15) is 5.10 Å². The first-order valence-electron chi connectivity index (χ1n) is 7.99. The van der Waals surface area contributed by atoms with Crippen molar-refractivity contribution in [3.8, 4) is 11.3 Å². The zero-order valence-electron chi connectivity index (χ0n) is 13.7. The molecule has 8 nitrogen and oxygen atoms in total. The van der Waals surface area contributed by atoms with Crippen LogP contribution >= 0.6 is 0 Å². The monoisotopic (exact) mass is 339 g/mol. The van der Waals surface area contributed by atoms with Crippen molar-refractivity contribution in [3.63, 3.8) is 0 Å². The van der Waals surface area contributed by atoms with Crippen LogP contribution in [0.2, 0.25) is 0 Å². The minimum atomic E-state index is -0.0545. The third-order valence-electron chi connectivity index (χ3n) is 4.08. The highest BCUT2D eigenvalue weighted by Crippen LogP contribution is 2.24. The molecule has 128 valence electrons. The fourth-order valence-electron chi connectivity index (χ4n) is 2.74. The number of hydrogen-bond donors (Lipinski definition) is 1. The number of nitrogens with zero attached hydrogens (tertiary/aromatic N) is 4. The second kappa shape index (κ2) is 6.48. The van der Waals surface area contributed by atoms with E-state index in [1.807, 2.05) is 30.3 Å². The van der Waals surface area contributed by atoms with Crippen LogP contribution in [-0.2, 0) is 11.3 Å². The van der Waals surface area contributed by atoms with E-state index in [-0.39, 0.29) is 18.6 Å². The first-order chi connectivity index (χ1) is 12.2. The standard InChI is InChI=1S/C17H17N5O3/c1-11-19-20-15(25-11)10-24-13-8-22(9-13)17(23)14-7-18-21-16(14)12-5-3-2-4-6-12/h2-7,13H,8-10H2,1H3,(H,18,21). The number of ether oxygens (including phenoxy) is 1. The molecule has 1 aromatic carbocycles. The molecule has 25 heavy (non-hydrogen) atoms. The molecule has 3 heterocycles. The summed E-state index contributed by atoms with van der Waals surface area (Å²) < 4.78 is 10.9. The van der Waals surface area contributed by atoms with Gasteiger partial charge in [0.15, 0.2) is 0 Å². The lowest BCUT2D eigenvalue weighted by atomic mass is 10.1. The Bertz CT molecular complexity index is 867. The van der Waals surface area contributed by atoms with Gasteiger partial charge in [0.2, 0.25) is 11.8 Å². The first-order valence-corrected chi connectivity index (χ1v) is 7.99. The topological polar surface area (TPSA) is 97.1 Å². The molecule has 0 aliphatic carbocycles. The van der Waals surface area contributed by atoms with Gasteiger partial charge in [-0.05, 0) is 0 Å². The molecule has 3 aromatic rings. The minimum Gasteiger partial charge on any atom is -0.423 e. The molecule has 8 heteroatoms. The number of carbonyl (C=O) groups is 1. The van der Waals surface area contributed by atoms with Gasteiger partial charge in [-0.15, -0.1) is 10.2 Å². The number of nitrogens with one attached hydrogen (secondary N) is 1. The predicted molar refractivity (Wildman–Crippen MR) is 87.5 cm³/mol. The largest absolute Gasteiger partial charge is 0.423 e. The van der Waals surface area contributed by atoms with Crippen LogP contribution in [0.15, 0.2) is 40.9 Å². The first kappa shape index (κ1) is 15.5. The van der Waals surface area contributed by atoms with Gasteiger partial charge < -0.3 is 14.1 Å². The molecule has 4 rings (SSSR count). The molecule has 1 amide bonds. The average molecular weight is 339 g/mol. The quantitative estimate of drug-likeness (QED) is 0.761. The Hall–Kier alpha value is -3.00. The summed E-state index contributed by atoms with van der Waals surface area (Å²) in [5.74, 6) is 0.905. The van der Waals surface area contributed by atoms with E-state index >= 15 is 0 Å². The van der Waals surface area contributed by atoms with Crippen molar-refractivity contribution in [2.45, 2.75) is 19.6 Å². The highest BCUT2D eigenvalue weighted by Gasteiger charge is 2.33. The number of aromatic amines is 1. The number of amides is 1. The maximum atomic E-state index is 12.7. The van der Waals surface area contributed by atoms with Crippen LogP contribution in [0.4, 0.5) is 0 Å². The lowest BCUT2D eigenvalue weighted by Gasteiger charge is -2.38. The normalized spacial score (nSPS) is 14.5. The Kier molecular flexibility index (Phi) is 4.02. The van der Waals surface area contributed by atoms with E-state index in [1.165, 1.54) is 0 Å². The Morgan fingerprint density at radius 1 is 1.32 bits per heavy atom. The van der Waals surface area contributed by atoms with Crippen LogP contribution < -0.4 is 0 Å². The molecule has 1 fully saturated rings. The van der Waals surface area contributed by atoms with Crippen LogP contribution in [0.5, 0.6) is 0 Å². The van der Waals surface area contributed by atoms with Crippen molar-refractivity contribution in [2.24, 2.45) is 0 Å². The van der Waals surface area contributed by atoms with Gasteiger partial charge in [0.1, 0.15) is 6.61 Å². The van der Waals surface area contributed by atoms with Crippen molar-refractivity contribution < 1.29 is 13.9 Å². The lowest BCUT2D eigenvalue weighted by molar-refractivity contribution is -0.0560. The molecule has 2 aromatic heterocycles. The number of rotatable bonds is 5. The van der Waals surface area contributed by atoms with Crippen molar-refractivity contribution in [2.75, 3.05) is 13.1 Å². The maximum Gasteiger partial charge on any atom is 0.257 e. The van der Waals surface area contributed by atoms with Gasteiger partial charge in [0, 0.05) is 25.6 Å². The second-order valence-corrected chi connectivity index (χ2v) is 5.88. The average Bonchev–Trinajstić information content (AvgIpc) is 3.23. The number of H-pyrrole nitrogens is 1. The van der Waals surface area contributed by atoms with Crippen molar-refractivity contribution in [1.29, 1.82) is 0 Å². The molecule has 1 saturated heterocycles. The molecule has 0 spiro atoms. The maximum absolute atomic E-state index is 12.7. The van der Waals surface area contributed by atoms with E-state index in [0.29, 0.717) is 30.4 Å². The molecule has 0 unspecified atom stereocenters. The number of aromatic nitrogens is 4. The third kappa shape index (κ3) is 3.16. The summed E-state index contributed by atoms with van der Waals surface area (Å²) in [6.45, 7) is 3.06. The van der Waals surface area contributed by atoms with Gasteiger partial charge in [-0.25, -0.2) is 0 Å². The summed E-state index contributed by atoms with van der Waals surface area (Å²) in [5, 5.41) is 14.6. The van der Waals surface area contributed by atoms with Gasteiger partial charge in [-0.1, -0.05) is 30.3 Å². The summed E-state index contributed by atoms with van der Waals surface area (Å²) >= 11 is 0. The molecule has 0 radical (unpaired) electrons. The zero-order chi connectivity index (χ0) is 17.2. The Balaban J connectivity index is 1.35. The Labute approximate surface area is 143 Å². The summed E-state index contributed by atoms with van der Waals surface area (Å²) in [6.07, 6.45) is 1.54. The number of benzene rings is 1. The number of hydrogen-bond acceptors (Lipinski definition) is 6. The van der Waals surface area contributed by atoms with E-state index in [1.54, 1.807) is 18.0 Å². The molecule has 1 N–H and O–H groups in total. The van der Waals surface area contributed by atoms with Gasteiger partial charge in [0.05, 0.1) is 23.6 Å². The minimum absolute atomic E-state index is 0.0248. The lowest BCUT2D eigenvalue weighted by Crippen LogP contribution is -2.54. The molecule has 1 aliphatic heterocycles. The number of likely N-dealkylation sites (tertiary alicyclic amines) is 1. The van der Waals surface area contributed by atoms with Crippen LogP contribution in [0.25, 0.3) is 11.3 Å². The van der Waals surface area contributed by atoms with Gasteiger partial charge in [-0.3, -0.25) is 9.89 Å². The van der Waals surface area contributed by atoms with Crippen LogP contribution in [-0.4, -0.2) is 50.4 Å². The van der Waals surface area contributed by atoms with E-state index in [0.717, 1.165) is 11.3 Å². The SMILES string of the molecule is Cc1nnc(COC2CN(C(=O)c3cn[nH]c3-c3ccccc3)C2)o1. The summed E-state index contributed by atoms with van der Waals surface area (Å²) in [6, 6.07) is 9.68. The molecule has 0 bridgehead atoms. The van der Waals surface area contributed by atoms with E-state index < -0.39 is 0 Å². The van der Waals surface area contributed by atoms with Crippen molar-refractivity contribution in [1.82, 2.24) is 25.3 Å².